The van der Waals surface area contributed by atoms with Gasteiger partial charge in [0.15, 0.2) is 11.6 Å². The quantitative estimate of drug-likeness (QED) is 0.573. The van der Waals surface area contributed by atoms with Crippen molar-refractivity contribution in [2.24, 2.45) is 5.41 Å². The topological polar surface area (TPSA) is 17.1 Å². The lowest BCUT2D eigenvalue weighted by molar-refractivity contribution is 0.0781. The van der Waals surface area contributed by atoms with Crippen molar-refractivity contribution < 1.29 is 13.6 Å². The highest BCUT2D eigenvalue weighted by atomic mass is 79.9. The third kappa shape index (κ3) is 2.11. The molecule has 0 heterocycles. The summed E-state index contributed by atoms with van der Waals surface area (Å²) in [5.74, 6) is -1.92. The van der Waals surface area contributed by atoms with Gasteiger partial charge in [0.1, 0.15) is 5.82 Å². The number of carbonyl (C=O) groups excluding carboxylic acids is 1. The molecule has 0 radical (unpaired) electrons. The van der Waals surface area contributed by atoms with Crippen LogP contribution in [0.15, 0.2) is 16.6 Å². The molecule has 1 saturated carbocycles. The van der Waals surface area contributed by atoms with Crippen molar-refractivity contribution in [2.75, 3.05) is 0 Å². The normalized spacial score (nSPS) is 18.0. The minimum Gasteiger partial charge on any atom is -0.293 e. The lowest BCUT2D eigenvalue weighted by Gasteiger charge is -2.26. The first kappa shape index (κ1) is 13.7. The first-order chi connectivity index (χ1) is 8.52. The second-order valence-electron chi connectivity index (χ2n) is 4.89. The number of benzene rings is 1. The van der Waals surface area contributed by atoms with E-state index in [0.29, 0.717) is 6.42 Å². The van der Waals surface area contributed by atoms with Gasteiger partial charge < -0.3 is 0 Å². The molecule has 1 aromatic carbocycles. The van der Waals surface area contributed by atoms with Gasteiger partial charge in [-0.3, -0.25) is 4.79 Å². The molecule has 1 aliphatic rings. The zero-order valence-electron chi connectivity index (χ0n) is 10.2. The fourth-order valence-electron chi connectivity index (χ4n) is 2.79. The number of halogens is 3. The minimum absolute atomic E-state index is 0.136. The summed E-state index contributed by atoms with van der Waals surface area (Å²) in [5.41, 5.74) is -0.948. The molecule has 0 aromatic heterocycles. The SMILES string of the molecule is CCC1(C(=O)c2c(F)ccc(Br)c2F)CCCC1. The highest BCUT2D eigenvalue weighted by molar-refractivity contribution is 9.10. The van der Waals surface area contributed by atoms with Crippen molar-refractivity contribution in [3.8, 4) is 0 Å². The lowest BCUT2D eigenvalue weighted by Crippen LogP contribution is -2.29. The molecule has 0 unspecified atom stereocenters. The van der Waals surface area contributed by atoms with Crippen molar-refractivity contribution >= 4 is 21.7 Å². The maximum Gasteiger partial charge on any atom is 0.174 e. The molecule has 1 aliphatic carbocycles. The van der Waals surface area contributed by atoms with E-state index in [1.165, 1.54) is 6.07 Å². The Balaban J connectivity index is 2.49. The van der Waals surface area contributed by atoms with Crippen molar-refractivity contribution in [1.29, 1.82) is 0 Å². The summed E-state index contributed by atoms with van der Waals surface area (Å²) < 4.78 is 27.9. The van der Waals surface area contributed by atoms with Gasteiger partial charge in [0.25, 0.3) is 0 Å². The summed E-state index contributed by atoms with van der Waals surface area (Å²) in [6, 6.07) is 2.42. The van der Waals surface area contributed by atoms with E-state index in [-0.39, 0.29) is 15.8 Å². The van der Waals surface area contributed by atoms with Gasteiger partial charge in [0.2, 0.25) is 0 Å². The van der Waals surface area contributed by atoms with Gasteiger partial charge in [-0.05, 0) is 47.3 Å². The smallest absolute Gasteiger partial charge is 0.174 e. The van der Waals surface area contributed by atoms with E-state index in [0.717, 1.165) is 31.7 Å². The van der Waals surface area contributed by atoms with Crippen LogP contribution in [0.4, 0.5) is 8.78 Å². The molecule has 0 saturated heterocycles. The molecule has 0 atom stereocenters. The third-order valence-electron chi connectivity index (χ3n) is 3.99. The van der Waals surface area contributed by atoms with Gasteiger partial charge >= 0.3 is 0 Å². The van der Waals surface area contributed by atoms with Gasteiger partial charge in [-0.25, -0.2) is 8.78 Å². The van der Waals surface area contributed by atoms with Crippen LogP contribution in [-0.4, -0.2) is 5.78 Å². The van der Waals surface area contributed by atoms with Crippen LogP contribution in [0.5, 0.6) is 0 Å². The van der Waals surface area contributed by atoms with Crippen LogP contribution in [-0.2, 0) is 0 Å². The zero-order valence-corrected chi connectivity index (χ0v) is 11.8. The number of hydrogen-bond donors (Lipinski definition) is 0. The molecule has 2 rings (SSSR count). The molecule has 4 heteroatoms. The Bertz CT molecular complexity index is 479. The summed E-state index contributed by atoms with van der Waals surface area (Å²) >= 11 is 3.00. The Morgan fingerprint density at radius 2 is 1.94 bits per heavy atom. The predicted molar refractivity (Wildman–Crippen MR) is 69.6 cm³/mol. The molecule has 0 bridgehead atoms. The number of Topliss-reactive ketones (excluding diaryl/α,β-unsaturated/α-hetero) is 1. The van der Waals surface area contributed by atoms with E-state index in [1.54, 1.807) is 0 Å². The Hall–Kier alpha value is -0.770. The van der Waals surface area contributed by atoms with Crippen molar-refractivity contribution in [2.45, 2.75) is 39.0 Å². The zero-order chi connectivity index (χ0) is 13.3. The largest absolute Gasteiger partial charge is 0.293 e. The number of rotatable bonds is 3. The molecule has 18 heavy (non-hydrogen) atoms. The standard InChI is InChI=1S/C14H15BrF2O/c1-2-14(7-3-4-8-14)13(18)11-10(16)6-5-9(15)12(11)17/h5-6H,2-4,7-8H2,1H3. The van der Waals surface area contributed by atoms with E-state index < -0.39 is 17.0 Å². The van der Waals surface area contributed by atoms with Gasteiger partial charge in [-0.15, -0.1) is 0 Å². The first-order valence-corrected chi connectivity index (χ1v) is 6.99. The summed E-state index contributed by atoms with van der Waals surface area (Å²) in [6.07, 6.45) is 4.01. The van der Waals surface area contributed by atoms with Crippen LogP contribution < -0.4 is 0 Å². The second-order valence-corrected chi connectivity index (χ2v) is 5.74. The molecule has 0 amide bonds. The molecule has 1 aromatic rings. The van der Waals surface area contributed by atoms with Crippen LogP contribution in [0.3, 0.4) is 0 Å². The number of hydrogen-bond acceptors (Lipinski definition) is 1. The average Bonchev–Trinajstić information content (AvgIpc) is 2.84. The third-order valence-corrected chi connectivity index (χ3v) is 4.60. The predicted octanol–water partition coefficient (Wildman–Crippen LogP) is 4.88. The fraction of sp³-hybridized carbons (Fsp3) is 0.500. The maximum atomic E-state index is 14.0. The fourth-order valence-corrected chi connectivity index (χ4v) is 3.12. The molecular formula is C14H15BrF2O. The van der Waals surface area contributed by atoms with Crippen molar-refractivity contribution in [3.63, 3.8) is 0 Å². The molecule has 1 nitrogen and oxygen atoms in total. The molecule has 1 fully saturated rings. The lowest BCUT2D eigenvalue weighted by atomic mass is 9.76. The Morgan fingerprint density at radius 1 is 1.33 bits per heavy atom. The molecular weight excluding hydrogens is 302 g/mol. The average molecular weight is 317 g/mol. The van der Waals surface area contributed by atoms with E-state index in [2.05, 4.69) is 15.9 Å². The maximum absolute atomic E-state index is 14.0. The van der Waals surface area contributed by atoms with Crippen LogP contribution in [0, 0.1) is 17.0 Å². The van der Waals surface area contributed by atoms with E-state index in [4.69, 9.17) is 0 Å². The summed E-state index contributed by atoms with van der Waals surface area (Å²) in [4.78, 5) is 12.5. The highest BCUT2D eigenvalue weighted by Gasteiger charge is 2.42. The molecule has 0 spiro atoms. The van der Waals surface area contributed by atoms with Gasteiger partial charge in [-0.2, -0.15) is 0 Å². The van der Waals surface area contributed by atoms with E-state index in [9.17, 15) is 13.6 Å². The molecule has 98 valence electrons. The summed E-state index contributed by atoms with van der Waals surface area (Å²) in [6.45, 7) is 1.91. The molecule has 0 aliphatic heterocycles. The Labute approximate surface area is 114 Å². The van der Waals surface area contributed by atoms with E-state index in [1.807, 2.05) is 6.92 Å². The van der Waals surface area contributed by atoms with E-state index >= 15 is 0 Å². The van der Waals surface area contributed by atoms with Gasteiger partial charge in [0.05, 0.1) is 10.0 Å². The monoisotopic (exact) mass is 316 g/mol. The number of ketones is 1. The minimum atomic E-state index is -0.778. The van der Waals surface area contributed by atoms with Crippen molar-refractivity contribution in [3.05, 3.63) is 33.8 Å². The summed E-state index contributed by atoms with van der Waals surface area (Å²) in [5, 5.41) is 0. The Kier molecular flexibility index (Phi) is 3.85. The van der Waals surface area contributed by atoms with Gasteiger partial charge in [-0.1, -0.05) is 19.8 Å². The van der Waals surface area contributed by atoms with Crippen LogP contribution in [0.1, 0.15) is 49.4 Å². The first-order valence-electron chi connectivity index (χ1n) is 6.20. The highest BCUT2D eigenvalue weighted by Crippen LogP contribution is 2.44. The second kappa shape index (κ2) is 5.08. The van der Waals surface area contributed by atoms with Crippen LogP contribution in [0.2, 0.25) is 0 Å². The Morgan fingerprint density at radius 3 is 2.50 bits per heavy atom. The van der Waals surface area contributed by atoms with Crippen LogP contribution in [0.25, 0.3) is 0 Å². The number of carbonyl (C=O) groups is 1. The van der Waals surface area contributed by atoms with Crippen LogP contribution >= 0.6 is 15.9 Å². The summed E-state index contributed by atoms with van der Waals surface area (Å²) in [7, 11) is 0. The van der Waals surface area contributed by atoms with Crippen molar-refractivity contribution in [1.82, 2.24) is 0 Å². The molecule has 0 N–H and O–H groups in total. The van der Waals surface area contributed by atoms with Gasteiger partial charge in [0, 0.05) is 5.41 Å².